The van der Waals surface area contributed by atoms with E-state index in [9.17, 15) is 0 Å². The van der Waals surface area contributed by atoms with Gasteiger partial charge in [-0.3, -0.25) is 0 Å². The lowest BCUT2D eigenvalue weighted by atomic mass is 10.1. The van der Waals surface area contributed by atoms with Crippen molar-refractivity contribution in [1.29, 1.82) is 0 Å². The van der Waals surface area contributed by atoms with Crippen LogP contribution in [0.15, 0.2) is 5.38 Å². The zero-order valence-electron chi connectivity index (χ0n) is 8.53. The number of anilines is 1. The fourth-order valence-corrected chi connectivity index (χ4v) is 3.22. The predicted molar refractivity (Wildman–Crippen MR) is 62.3 cm³/mol. The quantitative estimate of drug-likeness (QED) is 0.726. The Hall–Kier alpha value is -0.280. The standard InChI is InChI=1S/C10H15ClN2S/c1-7-3-8(2)13(5-7)10-12-9(4-11)6-14-10/h6-8H,3-5H2,1-2H3. The molecule has 1 aromatic rings. The molecule has 2 heterocycles. The summed E-state index contributed by atoms with van der Waals surface area (Å²) >= 11 is 7.45. The predicted octanol–water partition coefficient (Wildman–Crippen LogP) is 3.12. The van der Waals surface area contributed by atoms with Gasteiger partial charge in [0.15, 0.2) is 5.13 Å². The smallest absolute Gasteiger partial charge is 0.185 e. The van der Waals surface area contributed by atoms with Crippen molar-refractivity contribution >= 4 is 28.1 Å². The highest BCUT2D eigenvalue weighted by Gasteiger charge is 2.27. The van der Waals surface area contributed by atoms with Crippen LogP contribution in [0.2, 0.25) is 0 Å². The van der Waals surface area contributed by atoms with Gasteiger partial charge in [0.2, 0.25) is 0 Å². The van der Waals surface area contributed by atoms with Crippen LogP contribution < -0.4 is 4.90 Å². The first-order valence-electron chi connectivity index (χ1n) is 4.97. The molecule has 2 atom stereocenters. The lowest BCUT2D eigenvalue weighted by molar-refractivity contribution is 0.625. The second-order valence-corrected chi connectivity index (χ2v) is 5.20. The molecule has 0 aromatic carbocycles. The Bertz CT molecular complexity index is 313. The zero-order valence-corrected chi connectivity index (χ0v) is 10.1. The van der Waals surface area contributed by atoms with Gasteiger partial charge < -0.3 is 4.90 Å². The molecule has 0 N–H and O–H groups in total. The Labute approximate surface area is 93.9 Å². The van der Waals surface area contributed by atoms with Crippen molar-refractivity contribution in [3.8, 4) is 0 Å². The molecule has 2 nitrogen and oxygen atoms in total. The number of hydrogen-bond donors (Lipinski definition) is 0. The minimum Gasteiger partial charge on any atom is -0.345 e. The maximum Gasteiger partial charge on any atom is 0.185 e. The van der Waals surface area contributed by atoms with E-state index in [0.717, 1.165) is 23.3 Å². The highest BCUT2D eigenvalue weighted by molar-refractivity contribution is 7.13. The second-order valence-electron chi connectivity index (χ2n) is 4.10. The Morgan fingerprint density at radius 3 is 2.93 bits per heavy atom. The van der Waals surface area contributed by atoms with Gasteiger partial charge in [-0.25, -0.2) is 4.98 Å². The molecule has 0 amide bonds. The summed E-state index contributed by atoms with van der Waals surface area (Å²) in [5.41, 5.74) is 0.999. The van der Waals surface area contributed by atoms with Gasteiger partial charge in [0.25, 0.3) is 0 Å². The van der Waals surface area contributed by atoms with Crippen LogP contribution in [-0.2, 0) is 5.88 Å². The maximum absolute atomic E-state index is 5.74. The normalized spacial score (nSPS) is 27.2. The largest absolute Gasteiger partial charge is 0.345 e. The third-order valence-corrected chi connectivity index (χ3v) is 3.91. The van der Waals surface area contributed by atoms with Gasteiger partial charge in [-0.1, -0.05) is 6.92 Å². The first-order chi connectivity index (χ1) is 6.70. The molecule has 0 saturated carbocycles. The highest BCUT2D eigenvalue weighted by atomic mass is 35.5. The Balaban J connectivity index is 2.14. The monoisotopic (exact) mass is 230 g/mol. The van der Waals surface area contributed by atoms with Gasteiger partial charge in [-0.05, 0) is 19.3 Å². The molecule has 1 saturated heterocycles. The van der Waals surface area contributed by atoms with Gasteiger partial charge in [-0.15, -0.1) is 22.9 Å². The summed E-state index contributed by atoms with van der Waals surface area (Å²) in [6, 6.07) is 0.624. The first kappa shape index (κ1) is 10.2. The van der Waals surface area contributed by atoms with Crippen LogP contribution in [0.1, 0.15) is 26.0 Å². The van der Waals surface area contributed by atoms with E-state index in [-0.39, 0.29) is 0 Å². The average Bonchev–Trinajstić information content (AvgIpc) is 2.71. The van der Waals surface area contributed by atoms with Gasteiger partial charge >= 0.3 is 0 Å². The SMILES string of the molecule is CC1CC(C)N(c2nc(CCl)cs2)C1. The second kappa shape index (κ2) is 4.07. The van der Waals surface area contributed by atoms with Crippen LogP contribution >= 0.6 is 22.9 Å². The molecule has 14 heavy (non-hydrogen) atoms. The summed E-state index contributed by atoms with van der Waals surface area (Å²) in [7, 11) is 0. The van der Waals surface area contributed by atoms with Gasteiger partial charge in [0.1, 0.15) is 0 Å². The minimum absolute atomic E-state index is 0.522. The Kier molecular flexibility index (Phi) is 2.98. The van der Waals surface area contributed by atoms with E-state index in [1.807, 2.05) is 0 Å². The Morgan fingerprint density at radius 1 is 1.64 bits per heavy atom. The average molecular weight is 231 g/mol. The van der Waals surface area contributed by atoms with Crippen molar-refractivity contribution in [3.05, 3.63) is 11.1 Å². The highest BCUT2D eigenvalue weighted by Crippen LogP contribution is 2.31. The molecule has 1 aliphatic rings. The van der Waals surface area contributed by atoms with Gasteiger partial charge in [-0.2, -0.15) is 0 Å². The molecule has 0 aliphatic carbocycles. The number of alkyl halides is 1. The molecule has 4 heteroatoms. The molecule has 2 rings (SSSR count). The summed E-state index contributed by atoms with van der Waals surface area (Å²) in [6.07, 6.45) is 1.27. The maximum atomic E-state index is 5.74. The molecule has 0 bridgehead atoms. The topological polar surface area (TPSA) is 16.1 Å². The Morgan fingerprint density at radius 2 is 2.43 bits per heavy atom. The molecule has 1 aromatic heterocycles. The van der Waals surface area contributed by atoms with Crippen LogP contribution in [0.3, 0.4) is 0 Å². The van der Waals surface area contributed by atoms with Crippen molar-refractivity contribution in [3.63, 3.8) is 0 Å². The molecule has 0 radical (unpaired) electrons. The van der Waals surface area contributed by atoms with Crippen LogP contribution in [0.5, 0.6) is 0 Å². The molecular weight excluding hydrogens is 216 g/mol. The lowest BCUT2D eigenvalue weighted by Gasteiger charge is -2.19. The van der Waals surface area contributed by atoms with E-state index in [2.05, 4.69) is 29.1 Å². The van der Waals surface area contributed by atoms with Crippen LogP contribution in [0.4, 0.5) is 5.13 Å². The molecule has 1 fully saturated rings. The summed E-state index contributed by atoms with van der Waals surface area (Å²) in [6.45, 7) is 5.70. The first-order valence-corrected chi connectivity index (χ1v) is 6.39. The molecule has 0 spiro atoms. The molecular formula is C10H15ClN2S. The van der Waals surface area contributed by atoms with Crippen molar-refractivity contribution in [2.45, 2.75) is 32.2 Å². The van der Waals surface area contributed by atoms with Crippen LogP contribution in [-0.4, -0.2) is 17.6 Å². The van der Waals surface area contributed by atoms with E-state index < -0.39 is 0 Å². The van der Waals surface area contributed by atoms with E-state index in [1.54, 1.807) is 11.3 Å². The fraction of sp³-hybridized carbons (Fsp3) is 0.700. The minimum atomic E-state index is 0.522. The number of aromatic nitrogens is 1. The third-order valence-electron chi connectivity index (χ3n) is 2.71. The van der Waals surface area contributed by atoms with E-state index in [1.165, 1.54) is 6.42 Å². The van der Waals surface area contributed by atoms with E-state index in [0.29, 0.717) is 11.9 Å². The van der Waals surface area contributed by atoms with Crippen molar-refractivity contribution in [2.75, 3.05) is 11.4 Å². The summed E-state index contributed by atoms with van der Waals surface area (Å²) in [5, 5.41) is 3.19. The number of thiazole rings is 1. The fourth-order valence-electron chi connectivity index (χ4n) is 2.06. The van der Waals surface area contributed by atoms with Gasteiger partial charge in [0.05, 0.1) is 11.6 Å². The van der Waals surface area contributed by atoms with Crippen molar-refractivity contribution < 1.29 is 0 Å². The summed E-state index contributed by atoms with van der Waals surface area (Å²) in [5.74, 6) is 1.31. The van der Waals surface area contributed by atoms with Crippen LogP contribution in [0, 0.1) is 5.92 Å². The molecule has 1 aliphatic heterocycles. The summed E-state index contributed by atoms with van der Waals surface area (Å²) in [4.78, 5) is 6.90. The van der Waals surface area contributed by atoms with Crippen molar-refractivity contribution in [2.24, 2.45) is 5.92 Å². The third kappa shape index (κ3) is 1.89. The number of halogens is 1. The zero-order chi connectivity index (χ0) is 10.1. The molecule has 78 valence electrons. The number of rotatable bonds is 2. The summed E-state index contributed by atoms with van der Waals surface area (Å²) < 4.78 is 0. The lowest BCUT2D eigenvalue weighted by Crippen LogP contribution is -2.26. The van der Waals surface area contributed by atoms with E-state index >= 15 is 0 Å². The van der Waals surface area contributed by atoms with Crippen molar-refractivity contribution in [1.82, 2.24) is 4.98 Å². The van der Waals surface area contributed by atoms with E-state index in [4.69, 9.17) is 11.6 Å². The molecule has 2 unspecified atom stereocenters. The number of nitrogens with zero attached hydrogens (tertiary/aromatic N) is 2. The van der Waals surface area contributed by atoms with Crippen LogP contribution in [0.25, 0.3) is 0 Å². The number of hydrogen-bond acceptors (Lipinski definition) is 3. The van der Waals surface area contributed by atoms with Gasteiger partial charge in [0, 0.05) is 18.0 Å².